The van der Waals surface area contributed by atoms with Gasteiger partial charge in [-0.1, -0.05) is 83.1 Å². The number of phenols is 4. The number of rotatable bonds is 5. The molecule has 0 aliphatic carbocycles. The SMILES string of the molecule is Cc1c(OC(=O)C(c2cc(C(C)(C)C)c(O)c(C)c2C)(c2cc(C(C)(C)C)c(O)c(C)c2C)c2cc(C(C)(C)C)c(O)c(C)c2C)cc(C(C)(C)C)c(O)c1C. The molecule has 0 aromatic heterocycles. The number of hydrogen-bond acceptors (Lipinski definition) is 6. The molecule has 0 radical (unpaired) electrons. The quantitative estimate of drug-likeness (QED) is 0.0916. The Kier molecular flexibility index (Phi) is 11.2. The summed E-state index contributed by atoms with van der Waals surface area (Å²) in [5, 5.41) is 46.7. The summed E-state index contributed by atoms with van der Waals surface area (Å²) < 4.78 is 6.86. The molecule has 0 amide bonds. The van der Waals surface area contributed by atoms with Crippen LogP contribution in [0.15, 0.2) is 24.3 Å². The topological polar surface area (TPSA) is 107 Å². The number of ether oxygens (including phenoxy) is 1. The van der Waals surface area contributed by atoms with E-state index in [1.807, 2.05) is 157 Å². The Balaban J connectivity index is 2.49. The molecule has 4 rings (SSSR count). The van der Waals surface area contributed by atoms with Gasteiger partial charge in [0.1, 0.15) is 34.2 Å². The Labute approximate surface area is 337 Å². The highest BCUT2D eigenvalue weighted by Gasteiger charge is 2.51. The monoisotopic (exact) mass is 765 g/mol. The summed E-state index contributed by atoms with van der Waals surface area (Å²) in [6.07, 6.45) is 0. The number of hydrogen-bond donors (Lipinski definition) is 4. The van der Waals surface area contributed by atoms with Crippen molar-refractivity contribution in [1.82, 2.24) is 0 Å². The second-order valence-corrected chi connectivity index (χ2v) is 20.4. The van der Waals surface area contributed by atoms with Crippen LogP contribution in [0.5, 0.6) is 28.7 Å². The minimum absolute atomic E-state index is 0.167. The van der Waals surface area contributed by atoms with Crippen LogP contribution in [-0.2, 0) is 31.9 Å². The average molecular weight is 765 g/mol. The van der Waals surface area contributed by atoms with Gasteiger partial charge in [0.25, 0.3) is 0 Å². The molecule has 0 fully saturated rings. The average Bonchev–Trinajstić information content (AvgIpc) is 3.05. The first-order valence-electron chi connectivity index (χ1n) is 19.8. The molecule has 0 aliphatic rings. The summed E-state index contributed by atoms with van der Waals surface area (Å²) in [6.45, 7) is 39.5. The highest BCUT2D eigenvalue weighted by Crippen LogP contribution is 2.53. The maximum Gasteiger partial charge on any atom is 0.331 e. The Bertz CT molecular complexity index is 2060. The molecular weight excluding hydrogens is 697 g/mol. The van der Waals surface area contributed by atoms with Crippen LogP contribution in [0.3, 0.4) is 0 Å². The molecule has 56 heavy (non-hydrogen) atoms. The van der Waals surface area contributed by atoms with Crippen molar-refractivity contribution in [2.24, 2.45) is 0 Å². The number of esters is 1. The van der Waals surface area contributed by atoms with Crippen LogP contribution in [0, 0.1) is 55.4 Å². The highest BCUT2D eigenvalue weighted by atomic mass is 16.5. The van der Waals surface area contributed by atoms with Gasteiger partial charge in [-0.25, -0.2) is 4.79 Å². The normalized spacial score (nSPS) is 13.0. The summed E-state index contributed by atoms with van der Waals surface area (Å²) >= 11 is 0. The Morgan fingerprint density at radius 1 is 0.375 bits per heavy atom. The first-order valence-corrected chi connectivity index (χ1v) is 19.8. The van der Waals surface area contributed by atoms with E-state index < -0.39 is 33.0 Å². The van der Waals surface area contributed by atoms with Gasteiger partial charge in [-0.15, -0.1) is 0 Å². The van der Waals surface area contributed by atoms with E-state index in [0.717, 1.165) is 0 Å². The van der Waals surface area contributed by atoms with E-state index in [0.29, 0.717) is 89.2 Å². The Hall–Kier alpha value is -4.45. The Morgan fingerprint density at radius 3 is 0.857 bits per heavy atom. The van der Waals surface area contributed by atoms with Gasteiger partial charge in [0.05, 0.1) is 0 Å². The van der Waals surface area contributed by atoms with E-state index in [1.165, 1.54) is 0 Å². The van der Waals surface area contributed by atoms with Crippen LogP contribution in [0.1, 0.15) is 167 Å². The molecule has 0 saturated carbocycles. The summed E-state index contributed by atoms with van der Waals surface area (Å²) in [6, 6.07) is 7.67. The molecule has 4 aromatic carbocycles. The smallest absolute Gasteiger partial charge is 0.331 e. The second-order valence-electron chi connectivity index (χ2n) is 20.4. The van der Waals surface area contributed by atoms with E-state index in [2.05, 4.69) is 0 Å². The van der Waals surface area contributed by atoms with Crippen LogP contribution in [-0.4, -0.2) is 26.4 Å². The van der Waals surface area contributed by atoms with Crippen molar-refractivity contribution in [3.05, 3.63) is 108 Å². The van der Waals surface area contributed by atoms with Crippen molar-refractivity contribution in [1.29, 1.82) is 0 Å². The summed E-state index contributed by atoms with van der Waals surface area (Å²) in [5.74, 6) is 0.425. The predicted octanol–water partition coefficient (Wildman–Crippen LogP) is 12.1. The number of aromatic hydroxyl groups is 4. The van der Waals surface area contributed by atoms with Gasteiger partial charge >= 0.3 is 5.97 Å². The Morgan fingerprint density at radius 2 is 0.607 bits per heavy atom. The van der Waals surface area contributed by atoms with Gasteiger partial charge in [-0.2, -0.15) is 0 Å². The fourth-order valence-electron chi connectivity index (χ4n) is 8.08. The fraction of sp³-hybridized carbons (Fsp3) is 0.500. The van der Waals surface area contributed by atoms with E-state index in [-0.39, 0.29) is 23.0 Å². The van der Waals surface area contributed by atoms with Gasteiger partial charge in [-0.3, -0.25) is 0 Å². The molecule has 6 nitrogen and oxygen atoms in total. The highest BCUT2D eigenvalue weighted by molar-refractivity contribution is 5.96. The zero-order chi connectivity index (χ0) is 43.2. The van der Waals surface area contributed by atoms with Crippen molar-refractivity contribution < 1.29 is 30.0 Å². The van der Waals surface area contributed by atoms with Crippen molar-refractivity contribution in [2.45, 2.75) is 166 Å². The summed E-state index contributed by atoms with van der Waals surface area (Å²) in [5.41, 5.74) is 6.15. The van der Waals surface area contributed by atoms with Crippen LogP contribution in [0.25, 0.3) is 0 Å². The molecule has 0 atom stereocenters. The maximum absolute atomic E-state index is 16.4. The number of benzene rings is 4. The second kappa shape index (κ2) is 14.2. The molecule has 304 valence electrons. The van der Waals surface area contributed by atoms with Crippen molar-refractivity contribution in [2.75, 3.05) is 0 Å². The van der Waals surface area contributed by atoms with Crippen molar-refractivity contribution >= 4 is 5.97 Å². The third-order valence-corrected chi connectivity index (χ3v) is 12.4. The predicted molar refractivity (Wildman–Crippen MR) is 231 cm³/mol. The minimum Gasteiger partial charge on any atom is -0.507 e. The van der Waals surface area contributed by atoms with E-state index in [9.17, 15) is 20.4 Å². The number of carbonyl (C=O) groups excluding carboxylic acids is 1. The number of carbonyl (C=O) groups is 1. The van der Waals surface area contributed by atoms with Gasteiger partial charge < -0.3 is 25.2 Å². The molecule has 4 aromatic rings. The van der Waals surface area contributed by atoms with Gasteiger partial charge in [0.2, 0.25) is 0 Å². The lowest BCUT2D eigenvalue weighted by Crippen LogP contribution is -2.44. The lowest BCUT2D eigenvalue weighted by atomic mass is 9.62. The van der Waals surface area contributed by atoms with E-state index in [1.54, 1.807) is 6.07 Å². The van der Waals surface area contributed by atoms with Gasteiger partial charge in [0.15, 0.2) is 0 Å². The van der Waals surface area contributed by atoms with Crippen molar-refractivity contribution in [3.8, 4) is 28.7 Å². The zero-order valence-corrected chi connectivity index (χ0v) is 37.9. The lowest BCUT2D eigenvalue weighted by Gasteiger charge is -2.41. The largest absolute Gasteiger partial charge is 0.507 e. The zero-order valence-electron chi connectivity index (χ0n) is 37.9. The van der Waals surface area contributed by atoms with Crippen molar-refractivity contribution in [3.63, 3.8) is 0 Å². The summed E-state index contributed by atoms with van der Waals surface area (Å²) in [7, 11) is 0. The fourth-order valence-corrected chi connectivity index (χ4v) is 8.08. The van der Waals surface area contributed by atoms with Crippen LogP contribution in [0.2, 0.25) is 0 Å². The summed E-state index contributed by atoms with van der Waals surface area (Å²) in [4.78, 5) is 16.4. The molecule has 4 N–H and O–H groups in total. The maximum atomic E-state index is 16.4. The van der Waals surface area contributed by atoms with Crippen LogP contribution < -0.4 is 4.74 Å². The molecule has 0 heterocycles. The standard InChI is InChI=1S/C50H68O6/c1-25-29(5)41(51)36(46(9,10)11)21-33(25)50(34-22-37(47(12,13)14)42(52)30(6)26(34)2,35-23-38(48(15,16)17)43(53)31(7)27(35)3)45(55)56-40-24-39(49(18,19)20)44(54)32(8)28(40)4/h21-24,51-54H,1-20H3. The molecule has 0 unspecified atom stereocenters. The van der Waals surface area contributed by atoms with E-state index in [4.69, 9.17) is 4.74 Å². The van der Waals surface area contributed by atoms with Gasteiger partial charge in [-0.05, 0) is 179 Å². The van der Waals surface area contributed by atoms with Crippen LogP contribution >= 0.6 is 0 Å². The number of phenolic OH excluding ortho intramolecular Hbond substituents is 4. The van der Waals surface area contributed by atoms with Crippen LogP contribution in [0.4, 0.5) is 0 Å². The van der Waals surface area contributed by atoms with Gasteiger partial charge in [0, 0.05) is 5.56 Å². The first-order chi connectivity index (χ1) is 25.2. The lowest BCUT2D eigenvalue weighted by molar-refractivity contribution is -0.138. The molecule has 6 heteroatoms. The molecule has 0 aliphatic heterocycles. The molecule has 0 bridgehead atoms. The third kappa shape index (κ3) is 7.18. The minimum atomic E-state index is -1.71. The molecular formula is C50H68O6. The first kappa shape index (κ1) is 44.3. The van der Waals surface area contributed by atoms with E-state index >= 15 is 4.79 Å². The molecule has 0 saturated heterocycles. The molecule has 0 spiro atoms. The third-order valence-electron chi connectivity index (χ3n) is 12.4.